The number of aromatic amines is 1. The predicted octanol–water partition coefficient (Wildman–Crippen LogP) is 2.63. The van der Waals surface area contributed by atoms with E-state index >= 15 is 0 Å². The van der Waals surface area contributed by atoms with Crippen molar-refractivity contribution in [1.29, 1.82) is 0 Å². The molecule has 8 heteroatoms. The average molecular weight is 329 g/mol. The zero-order chi connectivity index (χ0) is 17.2. The van der Waals surface area contributed by atoms with E-state index < -0.39 is 0 Å². The lowest BCUT2D eigenvalue weighted by atomic mass is 9.95. The Kier molecular flexibility index (Phi) is 4.48. The molecule has 128 valence electrons. The largest absolute Gasteiger partial charge is 0.385 e. The van der Waals surface area contributed by atoms with Crippen molar-refractivity contribution in [3.05, 3.63) is 24.4 Å². The monoisotopic (exact) mass is 329 g/mol. The van der Waals surface area contributed by atoms with Crippen molar-refractivity contribution in [1.82, 2.24) is 29.9 Å². The number of hydrogen-bond donors (Lipinski definition) is 2. The fourth-order valence-electron chi connectivity index (χ4n) is 2.32. The minimum Gasteiger partial charge on any atom is -0.385 e. The molecule has 0 amide bonds. The van der Waals surface area contributed by atoms with Gasteiger partial charge in [-0.25, -0.2) is 9.97 Å². The molecular formula is C16H23N7O. The summed E-state index contributed by atoms with van der Waals surface area (Å²) in [4.78, 5) is 9.26. The number of methoxy groups -OCH3 is 1. The van der Waals surface area contributed by atoms with Crippen molar-refractivity contribution < 1.29 is 4.74 Å². The molecule has 0 spiro atoms. The lowest BCUT2D eigenvalue weighted by Crippen LogP contribution is -2.16. The summed E-state index contributed by atoms with van der Waals surface area (Å²) in [5, 5.41) is 14.7. The van der Waals surface area contributed by atoms with Crippen LogP contribution in [-0.4, -0.2) is 43.7 Å². The van der Waals surface area contributed by atoms with Gasteiger partial charge < -0.3 is 10.1 Å². The van der Waals surface area contributed by atoms with E-state index in [2.05, 4.69) is 51.4 Å². The number of rotatable bonds is 6. The van der Waals surface area contributed by atoms with Crippen molar-refractivity contribution in [3.63, 3.8) is 0 Å². The molecular weight excluding hydrogens is 306 g/mol. The Balaban J connectivity index is 1.85. The SMILES string of the molecule is COCCCn1cc(Nc2nc(C(C)(C)C)nc3cn[nH]c23)cn1. The predicted molar refractivity (Wildman–Crippen MR) is 92.4 cm³/mol. The smallest absolute Gasteiger partial charge is 0.160 e. The van der Waals surface area contributed by atoms with Gasteiger partial charge in [-0.2, -0.15) is 10.2 Å². The molecule has 0 aromatic carbocycles. The van der Waals surface area contributed by atoms with Crippen LogP contribution in [0.25, 0.3) is 11.0 Å². The Morgan fingerprint density at radius 3 is 2.83 bits per heavy atom. The first-order chi connectivity index (χ1) is 11.5. The third kappa shape index (κ3) is 3.53. The fourth-order valence-corrected chi connectivity index (χ4v) is 2.32. The van der Waals surface area contributed by atoms with Crippen LogP contribution < -0.4 is 5.32 Å². The maximum absolute atomic E-state index is 5.07. The number of nitrogens with zero attached hydrogens (tertiary/aromatic N) is 5. The van der Waals surface area contributed by atoms with Gasteiger partial charge in [0.15, 0.2) is 5.82 Å². The maximum atomic E-state index is 5.07. The molecule has 3 heterocycles. The van der Waals surface area contributed by atoms with Crippen LogP contribution in [0.5, 0.6) is 0 Å². The van der Waals surface area contributed by atoms with Crippen LogP contribution in [0.2, 0.25) is 0 Å². The second-order valence-electron chi connectivity index (χ2n) is 6.74. The summed E-state index contributed by atoms with van der Waals surface area (Å²) < 4.78 is 6.95. The molecule has 0 saturated heterocycles. The molecule has 3 aromatic heterocycles. The van der Waals surface area contributed by atoms with Crippen LogP contribution in [-0.2, 0) is 16.7 Å². The van der Waals surface area contributed by atoms with Gasteiger partial charge in [0.1, 0.15) is 16.9 Å². The Hall–Kier alpha value is -2.48. The highest BCUT2D eigenvalue weighted by Gasteiger charge is 2.20. The Morgan fingerprint density at radius 1 is 1.25 bits per heavy atom. The van der Waals surface area contributed by atoms with Gasteiger partial charge in [-0.05, 0) is 6.42 Å². The Bertz CT molecular complexity index is 815. The van der Waals surface area contributed by atoms with Gasteiger partial charge in [-0.1, -0.05) is 20.8 Å². The number of anilines is 2. The zero-order valence-corrected chi connectivity index (χ0v) is 14.5. The van der Waals surface area contributed by atoms with Crippen molar-refractivity contribution in [2.45, 2.75) is 39.2 Å². The van der Waals surface area contributed by atoms with Crippen molar-refractivity contribution >= 4 is 22.5 Å². The number of hydrogen-bond acceptors (Lipinski definition) is 6. The minimum atomic E-state index is -0.147. The number of H-pyrrole nitrogens is 1. The summed E-state index contributed by atoms with van der Waals surface area (Å²) >= 11 is 0. The number of fused-ring (bicyclic) bond motifs is 1. The quantitative estimate of drug-likeness (QED) is 0.675. The van der Waals surface area contributed by atoms with E-state index in [1.807, 2.05) is 10.9 Å². The standard InChI is InChI=1S/C16H23N7O/c1-16(2,3)15-20-12-9-17-22-13(12)14(21-15)19-11-8-18-23(10-11)6-5-7-24-4/h8-10H,5-7H2,1-4H3,(H,17,22)(H,19,20,21). The van der Waals surface area contributed by atoms with E-state index in [1.165, 1.54) is 0 Å². The molecule has 2 N–H and O–H groups in total. The molecule has 0 fully saturated rings. The summed E-state index contributed by atoms with van der Waals surface area (Å²) in [6.45, 7) is 7.80. The highest BCUT2D eigenvalue weighted by Crippen LogP contribution is 2.26. The van der Waals surface area contributed by atoms with Gasteiger partial charge in [0.05, 0.1) is 18.1 Å². The van der Waals surface area contributed by atoms with Crippen molar-refractivity contribution in [3.8, 4) is 0 Å². The zero-order valence-electron chi connectivity index (χ0n) is 14.5. The van der Waals surface area contributed by atoms with E-state index in [1.54, 1.807) is 19.5 Å². The Labute approximate surface area is 140 Å². The molecule has 24 heavy (non-hydrogen) atoms. The first-order valence-corrected chi connectivity index (χ1v) is 7.97. The molecule has 0 atom stereocenters. The van der Waals surface area contributed by atoms with Crippen molar-refractivity contribution in [2.75, 3.05) is 19.0 Å². The highest BCUT2D eigenvalue weighted by atomic mass is 16.5. The molecule has 0 radical (unpaired) electrons. The van der Waals surface area contributed by atoms with Crippen LogP contribution >= 0.6 is 0 Å². The normalized spacial score (nSPS) is 12.0. The second-order valence-corrected chi connectivity index (χ2v) is 6.74. The molecule has 0 aliphatic heterocycles. The van der Waals surface area contributed by atoms with Gasteiger partial charge in [-0.3, -0.25) is 9.78 Å². The number of aromatic nitrogens is 6. The molecule has 0 aliphatic rings. The van der Waals surface area contributed by atoms with Gasteiger partial charge >= 0.3 is 0 Å². The fraction of sp³-hybridized carbons (Fsp3) is 0.500. The Morgan fingerprint density at radius 2 is 2.08 bits per heavy atom. The van der Waals surface area contributed by atoms with Gasteiger partial charge in [0.2, 0.25) is 0 Å². The van der Waals surface area contributed by atoms with Crippen molar-refractivity contribution in [2.24, 2.45) is 0 Å². The molecule has 8 nitrogen and oxygen atoms in total. The van der Waals surface area contributed by atoms with E-state index in [-0.39, 0.29) is 5.41 Å². The summed E-state index contributed by atoms with van der Waals surface area (Å²) in [6.07, 6.45) is 6.38. The number of nitrogens with one attached hydrogen (secondary N) is 2. The minimum absolute atomic E-state index is 0.147. The van der Waals surface area contributed by atoms with E-state index in [4.69, 9.17) is 4.74 Å². The molecule has 0 saturated carbocycles. The maximum Gasteiger partial charge on any atom is 0.160 e. The average Bonchev–Trinajstić information content (AvgIpc) is 3.15. The summed E-state index contributed by atoms with van der Waals surface area (Å²) in [5.41, 5.74) is 2.31. The molecule has 0 aliphatic carbocycles. The summed E-state index contributed by atoms with van der Waals surface area (Å²) in [7, 11) is 1.70. The van der Waals surface area contributed by atoms with Gasteiger partial charge in [-0.15, -0.1) is 0 Å². The lowest BCUT2D eigenvalue weighted by molar-refractivity contribution is 0.189. The first-order valence-electron chi connectivity index (χ1n) is 7.97. The van der Waals surface area contributed by atoms with Crippen LogP contribution in [0.15, 0.2) is 18.6 Å². The topological polar surface area (TPSA) is 93.5 Å². The van der Waals surface area contributed by atoms with Gasteiger partial charge in [0, 0.05) is 31.9 Å². The van der Waals surface area contributed by atoms with E-state index in [0.29, 0.717) is 5.82 Å². The first kappa shape index (κ1) is 16.4. The third-order valence-corrected chi connectivity index (χ3v) is 3.60. The summed E-state index contributed by atoms with van der Waals surface area (Å²) in [5.74, 6) is 1.48. The van der Waals surface area contributed by atoms with Crippen LogP contribution in [0.1, 0.15) is 33.0 Å². The number of aryl methyl sites for hydroxylation is 1. The van der Waals surface area contributed by atoms with Crippen LogP contribution in [0, 0.1) is 0 Å². The lowest BCUT2D eigenvalue weighted by Gasteiger charge is -2.17. The molecule has 3 aromatic rings. The summed E-state index contributed by atoms with van der Waals surface area (Å²) in [6, 6.07) is 0. The van der Waals surface area contributed by atoms with Crippen LogP contribution in [0.3, 0.4) is 0 Å². The second kappa shape index (κ2) is 6.56. The van der Waals surface area contributed by atoms with Crippen LogP contribution in [0.4, 0.5) is 11.5 Å². The third-order valence-electron chi connectivity index (χ3n) is 3.60. The van der Waals surface area contributed by atoms with E-state index in [9.17, 15) is 0 Å². The van der Waals surface area contributed by atoms with Gasteiger partial charge in [0.25, 0.3) is 0 Å². The molecule has 0 unspecified atom stereocenters. The number of ether oxygens (including phenoxy) is 1. The molecule has 3 rings (SSSR count). The molecule has 0 bridgehead atoms. The van der Waals surface area contributed by atoms with E-state index in [0.717, 1.165) is 42.1 Å². The highest BCUT2D eigenvalue weighted by molar-refractivity contribution is 5.86.